The Morgan fingerprint density at radius 2 is 1.04 bits per heavy atom. The van der Waals surface area contributed by atoms with Crippen LogP contribution in [0, 0.1) is 0 Å². The summed E-state index contributed by atoms with van der Waals surface area (Å²) in [6, 6.07) is 23.3. The van der Waals surface area contributed by atoms with Crippen LogP contribution in [-0.2, 0) is 16.1 Å². The summed E-state index contributed by atoms with van der Waals surface area (Å²) in [5, 5.41) is 1.13. The van der Waals surface area contributed by atoms with Crippen LogP contribution in [0.2, 0.25) is 10.0 Å². The van der Waals surface area contributed by atoms with E-state index < -0.39 is 0 Å². The number of halogens is 2. The number of imide groups is 1. The number of amides is 2. The molecular weight excluding hydrogens is 393 g/mol. The fraction of sp³-hybridized carbons (Fsp3) is 0.0435. The Morgan fingerprint density at radius 1 is 0.607 bits per heavy atom. The van der Waals surface area contributed by atoms with Crippen LogP contribution in [0.3, 0.4) is 0 Å². The van der Waals surface area contributed by atoms with Crippen LogP contribution in [0.15, 0.2) is 78.9 Å². The number of hydrogen-bond acceptors (Lipinski definition) is 2. The van der Waals surface area contributed by atoms with Gasteiger partial charge in [0.05, 0.1) is 17.7 Å². The van der Waals surface area contributed by atoms with Gasteiger partial charge in [-0.2, -0.15) is 0 Å². The first-order valence-electron chi connectivity index (χ1n) is 8.71. The van der Waals surface area contributed by atoms with Gasteiger partial charge < -0.3 is 0 Å². The van der Waals surface area contributed by atoms with Gasteiger partial charge >= 0.3 is 0 Å². The van der Waals surface area contributed by atoms with Crippen molar-refractivity contribution in [2.75, 3.05) is 0 Å². The molecule has 2 amide bonds. The van der Waals surface area contributed by atoms with Crippen molar-refractivity contribution in [2.24, 2.45) is 0 Å². The molecule has 3 nitrogen and oxygen atoms in total. The Hall–Kier alpha value is -2.88. The first-order valence-corrected chi connectivity index (χ1v) is 9.46. The van der Waals surface area contributed by atoms with Gasteiger partial charge in [0.1, 0.15) is 0 Å². The molecular formula is C23H15Cl2NO2. The summed E-state index contributed by atoms with van der Waals surface area (Å²) in [5.74, 6) is -0.637. The standard InChI is InChI=1S/C23H15Cl2NO2/c24-18-10-6-16(7-11-18)20-21(17-8-12-19(25)13-9-17)23(28)26(22(20)27)14-15-4-2-1-3-5-15/h1-13H,14H2. The fourth-order valence-corrected chi connectivity index (χ4v) is 3.51. The highest BCUT2D eigenvalue weighted by molar-refractivity contribution is 6.49. The van der Waals surface area contributed by atoms with Crippen LogP contribution in [0.1, 0.15) is 16.7 Å². The van der Waals surface area contributed by atoms with Gasteiger partial charge in [-0.25, -0.2) is 0 Å². The predicted octanol–water partition coefficient (Wildman–Crippen LogP) is 5.47. The van der Waals surface area contributed by atoms with Crippen molar-refractivity contribution in [3.05, 3.63) is 106 Å². The second-order valence-electron chi connectivity index (χ2n) is 6.45. The quantitative estimate of drug-likeness (QED) is 0.537. The number of carbonyl (C=O) groups excluding carboxylic acids is 2. The molecule has 0 radical (unpaired) electrons. The topological polar surface area (TPSA) is 37.4 Å². The average molecular weight is 408 g/mol. The third kappa shape index (κ3) is 3.47. The van der Waals surface area contributed by atoms with Gasteiger partial charge in [0.2, 0.25) is 0 Å². The molecule has 0 N–H and O–H groups in total. The Bertz CT molecular complexity index is 1000. The van der Waals surface area contributed by atoms with Crippen LogP contribution in [-0.4, -0.2) is 16.7 Å². The van der Waals surface area contributed by atoms with Gasteiger partial charge in [-0.05, 0) is 41.0 Å². The van der Waals surface area contributed by atoms with E-state index in [1.54, 1.807) is 48.5 Å². The lowest BCUT2D eigenvalue weighted by molar-refractivity contribution is -0.136. The van der Waals surface area contributed by atoms with Crippen LogP contribution >= 0.6 is 23.2 Å². The average Bonchev–Trinajstić information content (AvgIpc) is 2.95. The molecule has 3 aromatic carbocycles. The van der Waals surface area contributed by atoms with Crippen molar-refractivity contribution in [2.45, 2.75) is 6.54 Å². The smallest absolute Gasteiger partial charge is 0.262 e. The van der Waals surface area contributed by atoms with E-state index in [9.17, 15) is 9.59 Å². The molecule has 0 unspecified atom stereocenters. The number of benzene rings is 3. The van der Waals surface area contributed by atoms with Gasteiger partial charge in [0, 0.05) is 10.0 Å². The molecule has 0 bridgehead atoms. The van der Waals surface area contributed by atoms with Crippen molar-refractivity contribution in [3.8, 4) is 0 Å². The molecule has 5 heteroatoms. The molecule has 0 saturated heterocycles. The van der Waals surface area contributed by atoms with E-state index in [0.717, 1.165) is 5.56 Å². The van der Waals surface area contributed by atoms with Crippen molar-refractivity contribution in [3.63, 3.8) is 0 Å². The van der Waals surface area contributed by atoms with E-state index in [2.05, 4.69) is 0 Å². The molecule has 0 spiro atoms. The van der Waals surface area contributed by atoms with Crippen LogP contribution < -0.4 is 0 Å². The van der Waals surface area contributed by atoms with Gasteiger partial charge in [0.15, 0.2) is 0 Å². The van der Waals surface area contributed by atoms with Crippen molar-refractivity contribution >= 4 is 46.2 Å². The zero-order valence-corrected chi connectivity index (χ0v) is 16.2. The minimum absolute atomic E-state index is 0.215. The van der Waals surface area contributed by atoms with Crippen molar-refractivity contribution in [1.29, 1.82) is 0 Å². The van der Waals surface area contributed by atoms with Crippen LogP contribution in [0.25, 0.3) is 11.1 Å². The Labute approximate surface area is 172 Å². The predicted molar refractivity (Wildman–Crippen MR) is 112 cm³/mol. The summed E-state index contributed by atoms with van der Waals surface area (Å²) in [5.41, 5.74) is 2.95. The minimum Gasteiger partial charge on any atom is -0.270 e. The maximum absolute atomic E-state index is 13.2. The normalized spacial score (nSPS) is 14.1. The SMILES string of the molecule is O=C1C(c2ccc(Cl)cc2)=C(c2ccc(Cl)cc2)C(=O)N1Cc1ccccc1. The Morgan fingerprint density at radius 3 is 1.46 bits per heavy atom. The molecule has 1 aliphatic rings. The molecule has 28 heavy (non-hydrogen) atoms. The molecule has 4 rings (SSSR count). The zero-order chi connectivity index (χ0) is 19.7. The highest BCUT2D eigenvalue weighted by Gasteiger charge is 2.39. The first-order chi connectivity index (χ1) is 13.5. The largest absolute Gasteiger partial charge is 0.270 e. The Balaban J connectivity index is 1.82. The summed E-state index contributed by atoms with van der Waals surface area (Å²) < 4.78 is 0. The maximum atomic E-state index is 13.2. The molecule has 0 aliphatic carbocycles. The first kappa shape index (κ1) is 18.5. The van der Waals surface area contributed by atoms with Gasteiger partial charge in [-0.3, -0.25) is 14.5 Å². The van der Waals surface area contributed by atoms with E-state index >= 15 is 0 Å². The number of nitrogens with zero attached hydrogens (tertiary/aromatic N) is 1. The third-order valence-electron chi connectivity index (χ3n) is 4.62. The lowest BCUT2D eigenvalue weighted by atomic mass is 9.96. The van der Waals surface area contributed by atoms with Crippen LogP contribution in [0.5, 0.6) is 0 Å². The monoisotopic (exact) mass is 407 g/mol. The van der Waals surface area contributed by atoms with Crippen molar-refractivity contribution in [1.82, 2.24) is 4.90 Å². The summed E-state index contributed by atoms with van der Waals surface area (Å²) >= 11 is 12.0. The molecule has 1 aliphatic heterocycles. The zero-order valence-electron chi connectivity index (χ0n) is 14.7. The number of carbonyl (C=O) groups is 2. The van der Waals surface area contributed by atoms with Gasteiger partial charge in [-0.15, -0.1) is 0 Å². The number of rotatable bonds is 4. The van der Waals surface area contributed by atoms with Gasteiger partial charge in [-0.1, -0.05) is 77.8 Å². The summed E-state index contributed by atoms with van der Waals surface area (Å²) in [6.45, 7) is 0.215. The minimum atomic E-state index is -0.318. The van der Waals surface area contributed by atoms with E-state index in [-0.39, 0.29) is 18.4 Å². The van der Waals surface area contributed by atoms with Crippen molar-refractivity contribution < 1.29 is 9.59 Å². The molecule has 3 aromatic rings. The molecule has 0 aromatic heterocycles. The molecule has 138 valence electrons. The van der Waals surface area contributed by atoms with Crippen LogP contribution in [0.4, 0.5) is 0 Å². The lowest BCUT2D eigenvalue weighted by Crippen LogP contribution is -2.30. The molecule has 1 heterocycles. The molecule has 0 saturated carbocycles. The van der Waals surface area contributed by atoms with E-state index in [0.29, 0.717) is 32.3 Å². The summed E-state index contributed by atoms with van der Waals surface area (Å²) in [7, 11) is 0. The fourth-order valence-electron chi connectivity index (χ4n) is 3.25. The van der Waals surface area contributed by atoms with E-state index in [1.165, 1.54) is 4.90 Å². The summed E-state index contributed by atoms with van der Waals surface area (Å²) in [4.78, 5) is 27.8. The highest BCUT2D eigenvalue weighted by atomic mass is 35.5. The molecule has 0 fully saturated rings. The Kier molecular flexibility index (Phi) is 5.03. The van der Waals surface area contributed by atoms with Gasteiger partial charge in [0.25, 0.3) is 11.8 Å². The van der Waals surface area contributed by atoms with E-state index in [1.807, 2.05) is 30.3 Å². The second kappa shape index (κ2) is 7.63. The maximum Gasteiger partial charge on any atom is 0.262 e. The number of hydrogen-bond donors (Lipinski definition) is 0. The van der Waals surface area contributed by atoms with E-state index in [4.69, 9.17) is 23.2 Å². The second-order valence-corrected chi connectivity index (χ2v) is 7.32. The molecule has 0 atom stereocenters. The highest BCUT2D eigenvalue weighted by Crippen LogP contribution is 2.37. The third-order valence-corrected chi connectivity index (χ3v) is 5.12. The lowest BCUT2D eigenvalue weighted by Gasteiger charge is -2.15. The summed E-state index contributed by atoms with van der Waals surface area (Å²) in [6.07, 6.45) is 0.